The van der Waals surface area contributed by atoms with Gasteiger partial charge >= 0.3 is 0 Å². The first-order chi connectivity index (χ1) is 5.86. The van der Waals surface area contributed by atoms with Crippen molar-refractivity contribution >= 4 is 24.0 Å². The lowest BCUT2D eigenvalue weighted by Crippen LogP contribution is -1.72. The fourth-order valence-electron chi connectivity index (χ4n) is 1.02. The summed E-state index contributed by atoms with van der Waals surface area (Å²) in [6, 6.07) is 6.05. The number of nitrogens with zero attached hydrogens (tertiary/aromatic N) is 1. The summed E-state index contributed by atoms with van der Waals surface area (Å²) < 4.78 is 1.04. The molecule has 60 valence electrons. The van der Waals surface area contributed by atoms with Crippen LogP contribution in [0.15, 0.2) is 40.2 Å². The van der Waals surface area contributed by atoms with Gasteiger partial charge in [-0.2, -0.15) is 0 Å². The van der Waals surface area contributed by atoms with Gasteiger partial charge in [0.1, 0.15) is 0 Å². The van der Waals surface area contributed by atoms with Crippen molar-refractivity contribution in [1.29, 1.82) is 0 Å². The third kappa shape index (κ3) is 1.52. The standard InChI is InChI=1S/C9H7NS2/c11-9-5-8(6-12-9)7-1-3-10-4-2-7/h1-6,11H. The Morgan fingerprint density at radius 2 is 1.92 bits per heavy atom. The molecule has 2 rings (SSSR count). The predicted molar refractivity (Wildman–Crippen MR) is 54.8 cm³/mol. The Morgan fingerprint density at radius 3 is 2.50 bits per heavy atom. The molecule has 0 atom stereocenters. The maximum absolute atomic E-state index is 4.26. The molecule has 0 fully saturated rings. The Morgan fingerprint density at radius 1 is 1.17 bits per heavy atom. The number of rotatable bonds is 1. The summed E-state index contributed by atoms with van der Waals surface area (Å²) in [5.74, 6) is 0. The zero-order valence-electron chi connectivity index (χ0n) is 6.27. The monoisotopic (exact) mass is 193 g/mol. The van der Waals surface area contributed by atoms with Gasteiger partial charge in [0.25, 0.3) is 0 Å². The summed E-state index contributed by atoms with van der Waals surface area (Å²) in [5, 5.41) is 2.09. The van der Waals surface area contributed by atoms with Crippen molar-refractivity contribution in [1.82, 2.24) is 4.98 Å². The third-order valence-corrected chi connectivity index (χ3v) is 2.78. The van der Waals surface area contributed by atoms with Crippen LogP contribution in [-0.2, 0) is 0 Å². The SMILES string of the molecule is Sc1cc(-c2ccncc2)cs1. The first kappa shape index (κ1) is 7.83. The van der Waals surface area contributed by atoms with Gasteiger partial charge in [0, 0.05) is 12.4 Å². The fourth-order valence-corrected chi connectivity index (χ4v) is 1.96. The second kappa shape index (κ2) is 3.29. The molecule has 0 aliphatic carbocycles. The van der Waals surface area contributed by atoms with Gasteiger partial charge in [0.2, 0.25) is 0 Å². The lowest BCUT2D eigenvalue weighted by atomic mass is 10.1. The molecule has 1 nitrogen and oxygen atoms in total. The normalized spacial score (nSPS) is 10.1. The molecule has 2 aromatic rings. The minimum atomic E-state index is 1.04. The highest BCUT2D eigenvalue weighted by atomic mass is 32.2. The molecule has 0 bridgehead atoms. The van der Waals surface area contributed by atoms with Gasteiger partial charge < -0.3 is 0 Å². The number of hydrogen-bond donors (Lipinski definition) is 1. The summed E-state index contributed by atoms with van der Waals surface area (Å²) in [4.78, 5) is 3.96. The van der Waals surface area contributed by atoms with Crippen LogP contribution in [-0.4, -0.2) is 4.98 Å². The molecular formula is C9H7NS2. The average Bonchev–Trinajstić information content (AvgIpc) is 2.54. The Kier molecular flexibility index (Phi) is 2.15. The quantitative estimate of drug-likeness (QED) is 0.687. The minimum Gasteiger partial charge on any atom is -0.265 e. The van der Waals surface area contributed by atoms with E-state index in [0.717, 1.165) is 4.21 Å². The summed E-state index contributed by atoms with van der Waals surface area (Å²) in [5.41, 5.74) is 2.41. The maximum atomic E-state index is 4.26. The van der Waals surface area contributed by atoms with Crippen molar-refractivity contribution in [2.75, 3.05) is 0 Å². The Balaban J connectivity index is 2.45. The largest absolute Gasteiger partial charge is 0.265 e. The van der Waals surface area contributed by atoms with Crippen molar-refractivity contribution in [3.63, 3.8) is 0 Å². The van der Waals surface area contributed by atoms with E-state index in [2.05, 4.69) is 29.1 Å². The van der Waals surface area contributed by atoms with Gasteiger partial charge in [0.05, 0.1) is 4.21 Å². The number of hydrogen-bond acceptors (Lipinski definition) is 3. The highest BCUT2D eigenvalue weighted by molar-refractivity contribution is 7.82. The van der Waals surface area contributed by atoms with E-state index in [0.29, 0.717) is 0 Å². The van der Waals surface area contributed by atoms with Gasteiger partial charge in [0.15, 0.2) is 0 Å². The molecule has 0 saturated heterocycles. The van der Waals surface area contributed by atoms with E-state index in [4.69, 9.17) is 0 Å². The first-order valence-corrected chi connectivity index (χ1v) is 4.87. The lowest BCUT2D eigenvalue weighted by Gasteiger charge is -1.93. The smallest absolute Gasteiger partial charge is 0.0574 e. The molecule has 2 aromatic heterocycles. The first-order valence-electron chi connectivity index (χ1n) is 3.54. The van der Waals surface area contributed by atoms with E-state index in [1.165, 1.54) is 11.1 Å². The number of aromatic nitrogens is 1. The number of thiol groups is 1. The second-order valence-corrected chi connectivity index (χ2v) is 4.11. The molecule has 0 unspecified atom stereocenters. The Labute approximate surface area is 80.5 Å². The summed E-state index contributed by atoms with van der Waals surface area (Å²) in [6.07, 6.45) is 3.59. The summed E-state index contributed by atoms with van der Waals surface area (Å²) >= 11 is 5.90. The second-order valence-electron chi connectivity index (χ2n) is 2.41. The van der Waals surface area contributed by atoms with E-state index in [1.807, 2.05) is 12.1 Å². The van der Waals surface area contributed by atoms with Crippen LogP contribution in [0.2, 0.25) is 0 Å². The molecule has 0 aliphatic heterocycles. The van der Waals surface area contributed by atoms with Crippen molar-refractivity contribution in [2.45, 2.75) is 4.21 Å². The van der Waals surface area contributed by atoms with E-state index < -0.39 is 0 Å². The summed E-state index contributed by atoms with van der Waals surface area (Å²) in [7, 11) is 0. The average molecular weight is 193 g/mol. The fraction of sp³-hybridized carbons (Fsp3) is 0. The van der Waals surface area contributed by atoms with Crippen molar-refractivity contribution in [3.05, 3.63) is 36.0 Å². The van der Waals surface area contributed by atoms with Crippen molar-refractivity contribution in [2.24, 2.45) is 0 Å². The van der Waals surface area contributed by atoms with Crippen molar-refractivity contribution in [3.8, 4) is 11.1 Å². The van der Waals surface area contributed by atoms with Crippen molar-refractivity contribution < 1.29 is 0 Å². The number of pyridine rings is 1. The van der Waals surface area contributed by atoms with Gasteiger partial charge in [-0.3, -0.25) is 4.98 Å². The molecule has 2 heterocycles. The molecule has 0 spiro atoms. The van der Waals surface area contributed by atoms with E-state index in [-0.39, 0.29) is 0 Å². The lowest BCUT2D eigenvalue weighted by molar-refractivity contribution is 1.33. The van der Waals surface area contributed by atoms with Gasteiger partial charge in [-0.05, 0) is 34.7 Å². The minimum absolute atomic E-state index is 1.04. The van der Waals surface area contributed by atoms with Gasteiger partial charge in [-0.25, -0.2) is 0 Å². The molecule has 0 radical (unpaired) electrons. The van der Waals surface area contributed by atoms with Crippen LogP contribution in [0.4, 0.5) is 0 Å². The zero-order valence-corrected chi connectivity index (χ0v) is 7.98. The summed E-state index contributed by atoms with van der Waals surface area (Å²) in [6.45, 7) is 0. The number of thiophene rings is 1. The van der Waals surface area contributed by atoms with Crippen LogP contribution < -0.4 is 0 Å². The van der Waals surface area contributed by atoms with E-state index in [9.17, 15) is 0 Å². The molecule has 0 N–H and O–H groups in total. The van der Waals surface area contributed by atoms with E-state index in [1.54, 1.807) is 23.7 Å². The Bertz CT molecular complexity index is 367. The molecular weight excluding hydrogens is 186 g/mol. The molecule has 0 aromatic carbocycles. The maximum Gasteiger partial charge on any atom is 0.0574 e. The van der Waals surface area contributed by atoms with Crippen LogP contribution in [0.25, 0.3) is 11.1 Å². The topological polar surface area (TPSA) is 12.9 Å². The highest BCUT2D eigenvalue weighted by Crippen LogP contribution is 2.26. The van der Waals surface area contributed by atoms with Gasteiger partial charge in [-0.15, -0.1) is 24.0 Å². The van der Waals surface area contributed by atoms with Crippen LogP contribution in [0.1, 0.15) is 0 Å². The van der Waals surface area contributed by atoms with Crippen LogP contribution in [0.3, 0.4) is 0 Å². The zero-order chi connectivity index (χ0) is 8.39. The Hall–Kier alpha value is -0.800. The van der Waals surface area contributed by atoms with E-state index >= 15 is 0 Å². The van der Waals surface area contributed by atoms with Crippen LogP contribution in [0, 0.1) is 0 Å². The molecule has 0 aliphatic rings. The predicted octanol–water partition coefficient (Wildman–Crippen LogP) is 3.10. The van der Waals surface area contributed by atoms with Crippen LogP contribution >= 0.6 is 24.0 Å². The molecule has 12 heavy (non-hydrogen) atoms. The molecule has 0 amide bonds. The van der Waals surface area contributed by atoms with Crippen LogP contribution in [0.5, 0.6) is 0 Å². The highest BCUT2D eigenvalue weighted by Gasteiger charge is 1.98. The molecule has 3 heteroatoms. The molecule has 0 saturated carbocycles. The third-order valence-electron chi connectivity index (χ3n) is 1.60. The van der Waals surface area contributed by atoms with Gasteiger partial charge in [-0.1, -0.05) is 0 Å².